The summed E-state index contributed by atoms with van der Waals surface area (Å²) in [5, 5.41) is 0. The molecule has 4 nitrogen and oxygen atoms in total. The topological polar surface area (TPSA) is 32.8 Å². The number of fused-ring (bicyclic) bond motifs is 1. The van der Waals surface area contributed by atoms with Gasteiger partial charge in [-0.15, -0.1) is 0 Å². The van der Waals surface area contributed by atoms with E-state index < -0.39 is 0 Å². The first kappa shape index (κ1) is 18.7. The summed E-state index contributed by atoms with van der Waals surface area (Å²) >= 11 is 0. The average molecular weight is 325 g/mol. The second-order valence-electron chi connectivity index (χ2n) is 9.63. The maximum Gasteiger partial charge on any atom is 0.223 e. The minimum Gasteiger partial charge on any atom is -0.376 e. The number of hydrogen-bond acceptors (Lipinski definition) is 3. The van der Waals surface area contributed by atoms with Crippen LogP contribution in [0.3, 0.4) is 0 Å². The molecule has 0 bridgehead atoms. The third-order valence-corrected chi connectivity index (χ3v) is 4.75. The number of carbonyl (C=O) groups is 1. The van der Waals surface area contributed by atoms with Crippen molar-refractivity contribution >= 4 is 5.91 Å². The molecule has 0 aromatic carbocycles. The predicted octanol–water partition coefficient (Wildman–Crippen LogP) is 3.02. The van der Waals surface area contributed by atoms with Crippen molar-refractivity contribution in [2.75, 3.05) is 39.3 Å². The van der Waals surface area contributed by atoms with Gasteiger partial charge in [-0.05, 0) is 44.4 Å². The maximum absolute atomic E-state index is 12.4. The second kappa shape index (κ2) is 7.10. The molecule has 2 aliphatic heterocycles. The lowest BCUT2D eigenvalue weighted by atomic mass is 9.91. The number of hydrogen-bond donors (Lipinski definition) is 0. The Kier molecular flexibility index (Phi) is 5.78. The van der Waals surface area contributed by atoms with Crippen LogP contribution in [0.25, 0.3) is 0 Å². The monoisotopic (exact) mass is 324 g/mol. The van der Waals surface area contributed by atoms with Gasteiger partial charge >= 0.3 is 0 Å². The van der Waals surface area contributed by atoms with Crippen molar-refractivity contribution in [1.29, 1.82) is 0 Å². The second-order valence-corrected chi connectivity index (χ2v) is 9.63. The van der Waals surface area contributed by atoms with E-state index in [4.69, 9.17) is 4.74 Å². The van der Waals surface area contributed by atoms with Gasteiger partial charge in [-0.2, -0.15) is 0 Å². The van der Waals surface area contributed by atoms with Crippen LogP contribution in [0.4, 0.5) is 0 Å². The molecule has 2 unspecified atom stereocenters. The van der Waals surface area contributed by atoms with Gasteiger partial charge in [0.2, 0.25) is 5.91 Å². The largest absolute Gasteiger partial charge is 0.376 e. The number of nitrogens with zero attached hydrogens (tertiary/aromatic N) is 2. The summed E-state index contributed by atoms with van der Waals surface area (Å²) in [4.78, 5) is 17.0. The molecule has 2 aliphatic rings. The summed E-state index contributed by atoms with van der Waals surface area (Å²) in [5.74, 6) is 1.71. The van der Waals surface area contributed by atoms with E-state index in [2.05, 4.69) is 51.3 Å². The molecule has 0 aromatic heterocycles. The Morgan fingerprint density at radius 2 is 1.57 bits per heavy atom. The molecule has 0 aromatic rings. The van der Waals surface area contributed by atoms with Crippen LogP contribution in [0.2, 0.25) is 0 Å². The first-order valence-electron chi connectivity index (χ1n) is 9.18. The maximum atomic E-state index is 12.4. The van der Waals surface area contributed by atoms with Gasteiger partial charge in [-0.25, -0.2) is 0 Å². The average Bonchev–Trinajstić information content (AvgIpc) is 2.89. The Morgan fingerprint density at radius 3 is 2.04 bits per heavy atom. The van der Waals surface area contributed by atoms with E-state index in [0.29, 0.717) is 24.2 Å². The Hall–Kier alpha value is -0.610. The molecular weight excluding hydrogens is 288 g/mol. The molecule has 23 heavy (non-hydrogen) atoms. The zero-order valence-corrected chi connectivity index (χ0v) is 16.0. The van der Waals surface area contributed by atoms with Gasteiger partial charge in [0.1, 0.15) is 0 Å². The van der Waals surface area contributed by atoms with Gasteiger partial charge in [-0.1, -0.05) is 20.8 Å². The zero-order valence-electron chi connectivity index (χ0n) is 16.0. The van der Waals surface area contributed by atoms with Crippen molar-refractivity contribution in [2.45, 2.75) is 60.0 Å². The summed E-state index contributed by atoms with van der Waals surface area (Å²) < 4.78 is 5.80. The molecule has 2 saturated heterocycles. The van der Waals surface area contributed by atoms with Crippen molar-refractivity contribution in [2.24, 2.45) is 17.3 Å². The fraction of sp³-hybridized carbons (Fsp3) is 0.947. The van der Waals surface area contributed by atoms with Gasteiger partial charge in [-0.3, -0.25) is 4.79 Å². The normalized spacial score (nSPS) is 25.9. The van der Waals surface area contributed by atoms with E-state index >= 15 is 0 Å². The summed E-state index contributed by atoms with van der Waals surface area (Å²) in [5.41, 5.74) is 0.0588. The number of amides is 1. The highest BCUT2D eigenvalue weighted by atomic mass is 16.5. The Morgan fingerprint density at radius 1 is 1.00 bits per heavy atom. The third-order valence-electron chi connectivity index (χ3n) is 4.75. The van der Waals surface area contributed by atoms with Crippen molar-refractivity contribution in [1.82, 2.24) is 9.80 Å². The van der Waals surface area contributed by atoms with E-state index in [1.165, 1.54) is 0 Å². The van der Waals surface area contributed by atoms with Crippen LogP contribution in [-0.2, 0) is 9.53 Å². The van der Waals surface area contributed by atoms with Crippen LogP contribution in [0.5, 0.6) is 0 Å². The molecule has 0 radical (unpaired) electrons. The molecule has 0 saturated carbocycles. The fourth-order valence-corrected chi connectivity index (χ4v) is 3.71. The van der Waals surface area contributed by atoms with Gasteiger partial charge in [0.25, 0.3) is 0 Å². The molecule has 2 rings (SSSR count). The van der Waals surface area contributed by atoms with Gasteiger partial charge in [0.15, 0.2) is 0 Å². The number of likely N-dealkylation sites (tertiary alicyclic amines) is 2. The SMILES string of the molecule is CC(C)(C)CC(=O)N1CC2CN(CCCOC(C)(C)C)CC2C1. The molecule has 0 spiro atoms. The smallest absolute Gasteiger partial charge is 0.223 e. The van der Waals surface area contributed by atoms with E-state index in [9.17, 15) is 4.79 Å². The lowest BCUT2D eigenvalue weighted by molar-refractivity contribution is -0.132. The standard InChI is InChI=1S/C19H36N2O2/c1-18(2,3)10-17(22)21-13-15-11-20(12-16(15)14-21)8-7-9-23-19(4,5)6/h15-16H,7-14H2,1-6H3. The third kappa shape index (κ3) is 6.07. The van der Waals surface area contributed by atoms with E-state index in [1.807, 2.05) is 0 Å². The molecule has 4 heteroatoms. The Labute approximate surface area is 142 Å². The summed E-state index contributed by atoms with van der Waals surface area (Å²) in [6.45, 7) is 18.9. The van der Waals surface area contributed by atoms with E-state index in [0.717, 1.165) is 45.8 Å². The van der Waals surface area contributed by atoms with Gasteiger partial charge in [0, 0.05) is 45.8 Å². The molecule has 0 N–H and O–H groups in total. The van der Waals surface area contributed by atoms with Crippen LogP contribution in [-0.4, -0.2) is 60.6 Å². The molecule has 1 amide bonds. The van der Waals surface area contributed by atoms with Crippen LogP contribution in [0.15, 0.2) is 0 Å². The van der Waals surface area contributed by atoms with Gasteiger partial charge in [0.05, 0.1) is 5.60 Å². The van der Waals surface area contributed by atoms with Crippen molar-refractivity contribution in [3.05, 3.63) is 0 Å². The Bertz CT molecular complexity index is 395. The minimum absolute atomic E-state index is 0.0323. The fourth-order valence-electron chi connectivity index (χ4n) is 3.71. The predicted molar refractivity (Wildman–Crippen MR) is 94.4 cm³/mol. The van der Waals surface area contributed by atoms with Crippen LogP contribution in [0.1, 0.15) is 54.4 Å². The highest BCUT2D eigenvalue weighted by Gasteiger charge is 2.41. The Balaban J connectivity index is 1.68. The molecule has 2 heterocycles. The quantitative estimate of drug-likeness (QED) is 0.729. The van der Waals surface area contributed by atoms with E-state index in [-0.39, 0.29) is 11.0 Å². The van der Waals surface area contributed by atoms with Crippen LogP contribution < -0.4 is 0 Å². The number of carbonyl (C=O) groups excluding carboxylic acids is 1. The minimum atomic E-state index is -0.0323. The molecule has 2 fully saturated rings. The summed E-state index contributed by atoms with van der Waals surface area (Å²) in [6.07, 6.45) is 1.77. The van der Waals surface area contributed by atoms with Crippen molar-refractivity contribution in [3.63, 3.8) is 0 Å². The molecule has 0 aliphatic carbocycles. The molecule has 134 valence electrons. The highest BCUT2D eigenvalue weighted by Crippen LogP contribution is 2.32. The van der Waals surface area contributed by atoms with Crippen LogP contribution >= 0.6 is 0 Å². The van der Waals surface area contributed by atoms with Gasteiger partial charge < -0.3 is 14.5 Å². The van der Waals surface area contributed by atoms with Crippen molar-refractivity contribution < 1.29 is 9.53 Å². The highest BCUT2D eigenvalue weighted by molar-refractivity contribution is 5.77. The zero-order chi connectivity index (χ0) is 17.3. The first-order chi connectivity index (χ1) is 10.5. The molecule has 2 atom stereocenters. The molecular formula is C19H36N2O2. The number of ether oxygens (including phenoxy) is 1. The van der Waals surface area contributed by atoms with Crippen molar-refractivity contribution in [3.8, 4) is 0 Å². The van der Waals surface area contributed by atoms with E-state index in [1.54, 1.807) is 0 Å². The summed E-state index contributed by atoms with van der Waals surface area (Å²) in [6, 6.07) is 0. The summed E-state index contributed by atoms with van der Waals surface area (Å²) in [7, 11) is 0. The number of rotatable bonds is 5. The van der Waals surface area contributed by atoms with Crippen LogP contribution in [0, 0.1) is 17.3 Å². The lowest BCUT2D eigenvalue weighted by Gasteiger charge is -2.25. The first-order valence-corrected chi connectivity index (χ1v) is 9.18. The lowest BCUT2D eigenvalue weighted by Crippen LogP contribution is -2.35.